The fourth-order valence-corrected chi connectivity index (χ4v) is 2.10. The molecule has 3 heteroatoms. The zero-order chi connectivity index (χ0) is 12.3. The predicted molar refractivity (Wildman–Crippen MR) is 70.2 cm³/mol. The molecular weight excluding hydrogens is 234 g/mol. The van der Waals surface area contributed by atoms with Crippen molar-refractivity contribution in [2.24, 2.45) is 5.73 Å². The number of aryl methyl sites for hydroxylation is 1. The van der Waals surface area contributed by atoms with E-state index in [9.17, 15) is 0 Å². The molecule has 2 N–H and O–H groups in total. The lowest BCUT2D eigenvalue weighted by atomic mass is 10.0. The van der Waals surface area contributed by atoms with Crippen LogP contribution in [0.4, 0.5) is 0 Å². The number of benzene rings is 1. The molecule has 2 aromatic rings. The molecule has 0 saturated carbocycles. The molecule has 1 aromatic carbocycles. The van der Waals surface area contributed by atoms with E-state index in [0.29, 0.717) is 5.22 Å². The summed E-state index contributed by atoms with van der Waals surface area (Å²) in [6.45, 7) is 2.14. The van der Waals surface area contributed by atoms with Gasteiger partial charge in [0.25, 0.3) is 0 Å². The van der Waals surface area contributed by atoms with E-state index >= 15 is 0 Å². The molecule has 0 amide bonds. The Hall–Kier alpha value is -1.25. The van der Waals surface area contributed by atoms with Gasteiger partial charge in [0.1, 0.15) is 0 Å². The minimum atomic E-state index is -0.117. The first-order valence-corrected chi connectivity index (χ1v) is 6.14. The van der Waals surface area contributed by atoms with E-state index in [1.54, 1.807) is 6.26 Å². The highest BCUT2D eigenvalue weighted by molar-refractivity contribution is 6.29. The van der Waals surface area contributed by atoms with Crippen LogP contribution in [-0.4, -0.2) is 0 Å². The van der Waals surface area contributed by atoms with Crippen LogP contribution in [0, 0.1) is 0 Å². The second-order valence-electron chi connectivity index (χ2n) is 4.13. The molecular formula is C14H16ClNO. The molecule has 0 aliphatic rings. The zero-order valence-electron chi connectivity index (χ0n) is 9.82. The number of furan rings is 1. The van der Waals surface area contributed by atoms with Crippen LogP contribution in [0.15, 0.2) is 41.0 Å². The first-order valence-electron chi connectivity index (χ1n) is 5.77. The molecule has 1 unspecified atom stereocenters. The van der Waals surface area contributed by atoms with Gasteiger partial charge < -0.3 is 10.2 Å². The summed E-state index contributed by atoms with van der Waals surface area (Å²) in [5.41, 5.74) is 9.52. The number of rotatable bonds is 4. The van der Waals surface area contributed by atoms with Crippen molar-refractivity contribution in [1.82, 2.24) is 0 Å². The first-order chi connectivity index (χ1) is 8.20. The molecule has 0 aliphatic carbocycles. The van der Waals surface area contributed by atoms with Crippen molar-refractivity contribution in [3.8, 4) is 0 Å². The van der Waals surface area contributed by atoms with E-state index in [4.69, 9.17) is 21.8 Å². The normalized spacial score (nSPS) is 12.6. The van der Waals surface area contributed by atoms with Gasteiger partial charge in [0.15, 0.2) is 5.22 Å². The van der Waals surface area contributed by atoms with Gasteiger partial charge in [-0.3, -0.25) is 0 Å². The van der Waals surface area contributed by atoms with Gasteiger partial charge in [-0.25, -0.2) is 0 Å². The third-order valence-electron chi connectivity index (χ3n) is 2.93. The largest absolute Gasteiger partial charge is 0.453 e. The molecule has 0 fully saturated rings. The second-order valence-corrected chi connectivity index (χ2v) is 4.47. The summed E-state index contributed by atoms with van der Waals surface area (Å²) in [6.07, 6.45) is 3.39. The standard InChI is InChI=1S/C14H16ClNO/c1-2-10-3-5-11(6-4-10)9-13(16)12-7-8-17-14(12)15/h3-8,13H,2,9,16H2,1H3. The zero-order valence-corrected chi connectivity index (χ0v) is 10.6. The predicted octanol–water partition coefficient (Wildman–Crippen LogP) is 3.74. The Balaban J connectivity index is 2.07. The highest BCUT2D eigenvalue weighted by Crippen LogP contribution is 2.25. The molecule has 2 nitrogen and oxygen atoms in total. The van der Waals surface area contributed by atoms with E-state index in [0.717, 1.165) is 18.4 Å². The Bertz CT molecular complexity index is 475. The Kier molecular flexibility index (Phi) is 3.87. The van der Waals surface area contributed by atoms with Crippen molar-refractivity contribution in [2.75, 3.05) is 0 Å². The van der Waals surface area contributed by atoms with Crippen LogP contribution in [-0.2, 0) is 12.8 Å². The minimum absolute atomic E-state index is 0.117. The van der Waals surface area contributed by atoms with Gasteiger partial charge in [-0.15, -0.1) is 0 Å². The van der Waals surface area contributed by atoms with E-state index in [1.165, 1.54) is 11.1 Å². The Morgan fingerprint density at radius 1 is 1.18 bits per heavy atom. The van der Waals surface area contributed by atoms with Gasteiger partial charge in [-0.05, 0) is 41.6 Å². The van der Waals surface area contributed by atoms with E-state index < -0.39 is 0 Å². The molecule has 17 heavy (non-hydrogen) atoms. The lowest BCUT2D eigenvalue weighted by molar-refractivity contribution is 0.560. The van der Waals surface area contributed by atoms with Crippen LogP contribution in [0.5, 0.6) is 0 Å². The maximum atomic E-state index is 6.10. The Labute approximate surface area is 106 Å². The third kappa shape index (κ3) is 2.90. The molecule has 2 rings (SSSR count). The van der Waals surface area contributed by atoms with Crippen LogP contribution < -0.4 is 5.73 Å². The van der Waals surface area contributed by atoms with Crippen LogP contribution >= 0.6 is 11.6 Å². The molecule has 1 heterocycles. The number of halogens is 1. The smallest absolute Gasteiger partial charge is 0.197 e. The third-order valence-corrected chi connectivity index (χ3v) is 3.24. The van der Waals surface area contributed by atoms with E-state index in [2.05, 4.69) is 31.2 Å². The average molecular weight is 250 g/mol. The highest BCUT2D eigenvalue weighted by Gasteiger charge is 2.13. The van der Waals surface area contributed by atoms with Crippen molar-refractivity contribution in [3.63, 3.8) is 0 Å². The molecule has 0 saturated heterocycles. The molecule has 0 radical (unpaired) electrons. The number of hydrogen-bond donors (Lipinski definition) is 1. The Morgan fingerprint density at radius 3 is 2.35 bits per heavy atom. The summed E-state index contributed by atoms with van der Waals surface area (Å²) in [5, 5.41) is 0.391. The minimum Gasteiger partial charge on any atom is -0.453 e. The van der Waals surface area contributed by atoms with Crippen molar-refractivity contribution in [1.29, 1.82) is 0 Å². The van der Waals surface area contributed by atoms with Crippen LogP contribution in [0.1, 0.15) is 29.7 Å². The van der Waals surface area contributed by atoms with Crippen molar-refractivity contribution >= 4 is 11.6 Å². The Morgan fingerprint density at radius 2 is 1.82 bits per heavy atom. The van der Waals surface area contributed by atoms with E-state index in [-0.39, 0.29) is 6.04 Å². The number of nitrogens with two attached hydrogens (primary N) is 1. The molecule has 0 bridgehead atoms. The lowest BCUT2D eigenvalue weighted by Crippen LogP contribution is -2.12. The van der Waals surface area contributed by atoms with Crippen molar-refractivity contribution < 1.29 is 4.42 Å². The lowest BCUT2D eigenvalue weighted by Gasteiger charge is -2.10. The fraction of sp³-hybridized carbons (Fsp3) is 0.286. The highest BCUT2D eigenvalue weighted by atomic mass is 35.5. The summed E-state index contributed by atoms with van der Waals surface area (Å²) in [6, 6.07) is 10.2. The molecule has 1 aromatic heterocycles. The number of hydrogen-bond acceptors (Lipinski definition) is 2. The van der Waals surface area contributed by atoms with Gasteiger partial charge in [0, 0.05) is 11.6 Å². The van der Waals surface area contributed by atoms with Crippen molar-refractivity contribution in [3.05, 3.63) is 58.5 Å². The SMILES string of the molecule is CCc1ccc(CC(N)c2ccoc2Cl)cc1. The van der Waals surface area contributed by atoms with Crippen molar-refractivity contribution in [2.45, 2.75) is 25.8 Å². The van der Waals surface area contributed by atoms with Crippen LogP contribution in [0.25, 0.3) is 0 Å². The average Bonchev–Trinajstić information content (AvgIpc) is 2.76. The maximum Gasteiger partial charge on any atom is 0.197 e. The summed E-state index contributed by atoms with van der Waals surface area (Å²) in [4.78, 5) is 0. The molecule has 0 aliphatic heterocycles. The van der Waals surface area contributed by atoms with Crippen LogP contribution in [0.2, 0.25) is 5.22 Å². The molecule has 1 atom stereocenters. The summed E-state index contributed by atoms with van der Waals surface area (Å²) in [7, 11) is 0. The molecule has 90 valence electrons. The van der Waals surface area contributed by atoms with Gasteiger partial charge >= 0.3 is 0 Å². The molecule has 0 spiro atoms. The summed E-state index contributed by atoms with van der Waals surface area (Å²) in [5.74, 6) is 0. The maximum absolute atomic E-state index is 6.10. The van der Waals surface area contributed by atoms with Gasteiger partial charge in [0.2, 0.25) is 0 Å². The second kappa shape index (κ2) is 5.39. The van der Waals surface area contributed by atoms with Gasteiger partial charge in [-0.2, -0.15) is 0 Å². The summed E-state index contributed by atoms with van der Waals surface area (Å²) >= 11 is 5.90. The van der Waals surface area contributed by atoms with Gasteiger partial charge in [-0.1, -0.05) is 31.2 Å². The first kappa shape index (κ1) is 12.2. The topological polar surface area (TPSA) is 39.2 Å². The van der Waals surface area contributed by atoms with E-state index in [1.807, 2.05) is 6.07 Å². The quantitative estimate of drug-likeness (QED) is 0.897. The fourth-order valence-electron chi connectivity index (χ4n) is 1.84. The van der Waals surface area contributed by atoms with Gasteiger partial charge in [0.05, 0.1) is 6.26 Å². The summed E-state index contributed by atoms with van der Waals surface area (Å²) < 4.78 is 5.05. The van der Waals surface area contributed by atoms with Crippen LogP contribution in [0.3, 0.4) is 0 Å². The monoisotopic (exact) mass is 249 g/mol.